The molecule has 9 nitrogen and oxygen atoms in total. The van der Waals surface area contributed by atoms with E-state index in [0.29, 0.717) is 38.2 Å². The van der Waals surface area contributed by atoms with Crippen LogP contribution >= 0.6 is 0 Å². The lowest BCUT2D eigenvalue weighted by Crippen LogP contribution is -2.52. The van der Waals surface area contributed by atoms with E-state index in [0.717, 1.165) is 22.4 Å². The maximum absolute atomic E-state index is 12.9. The van der Waals surface area contributed by atoms with Gasteiger partial charge in [0.05, 0.1) is 17.2 Å². The van der Waals surface area contributed by atoms with Crippen molar-refractivity contribution in [2.45, 2.75) is 32.0 Å². The zero-order valence-corrected chi connectivity index (χ0v) is 18.8. The van der Waals surface area contributed by atoms with E-state index < -0.39 is 21.8 Å². The Bertz CT molecular complexity index is 1250. The van der Waals surface area contributed by atoms with Crippen LogP contribution in [0.3, 0.4) is 0 Å². The Morgan fingerprint density at radius 2 is 1.85 bits per heavy atom. The number of hydrogen-bond donors (Lipinski definition) is 1. The number of sulfone groups is 1. The first-order valence-electron chi connectivity index (χ1n) is 10.9. The molecule has 3 aliphatic rings. The third-order valence-electron chi connectivity index (χ3n) is 6.49. The maximum Gasteiger partial charge on any atom is 0.255 e. The Morgan fingerprint density at radius 3 is 2.61 bits per heavy atom. The van der Waals surface area contributed by atoms with Crippen LogP contribution in [0.5, 0.6) is 0 Å². The van der Waals surface area contributed by atoms with Gasteiger partial charge in [-0.1, -0.05) is 6.07 Å². The number of nitrogens with zero attached hydrogens (tertiary/aromatic N) is 3. The molecular formula is C23H24N4O5S. The monoisotopic (exact) mass is 468 g/mol. The van der Waals surface area contributed by atoms with Crippen LogP contribution in [-0.2, 0) is 32.5 Å². The number of pyridine rings is 1. The summed E-state index contributed by atoms with van der Waals surface area (Å²) in [7, 11) is -2.92. The second kappa shape index (κ2) is 8.35. The van der Waals surface area contributed by atoms with Crippen LogP contribution in [0.1, 0.15) is 34.3 Å². The standard InChI is InChI=1S/C23H24N4O5S/c28-21-4-3-20(22(29)25-21)27-14-17-12-16(1-2-18(17)23(27)30)19-11-15(5-6-24-19)13-26-7-9-33(31,32)10-8-26/h1-2,5-6,11-12,20H,3-4,7-10,13-14H2,(H,25,28,29). The molecule has 4 heterocycles. The van der Waals surface area contributed by atoms with Crippen molar-refractivity contribution in [3.05, 3.63) is 53.2 Å². The van der Waals surface area contributed by atoms with Gasteiger partial charge in [0, 0.05) is 49.9 Å². The fourth-order valence-corrected chi connectivity index (χ4v) is 5.91. The Kier molecular flexibility index (Phi) is 5.49. The normalized spacial score (nSPS) is 22.8. The number of amides is 3. The van der Waals surface area contributed by atoms with E-state index in [9.17, 15) is 22.8 Å². The maximum atomic E-state index is 12.9. The van der Waals surface area contributed by atoms with Crippen molar-refractivity contribution in [3.8, 4) is 11.3 Å². The second-order valence-corrected chi connectivity index (χ2v) is 11.1. The van der Waals surface area contributed by atoms with Gasteiger partial charge >= 0.3 is 0 Å². The van der Waals surface area contributed by atoms with Gasteiger partial charge in [-0.2, -0.15) is 0 Å². The molecule has 2 aromatic rings. The van der Waals surface area contributed by atoms with Crippen LogP contribution in [0, 0.1) is 0 Å². The smallest absolute Gasteiger partial charge is 0.255 e. The summed E-state index contributed by atoms with van der Waals surface area (Å²) < 4.78 is 23.3. The van der Waals surface area contributed by atoms with Gasteiger partial charge in [0.25, 0.3) is 5.91 Å². The molecule has 5 rings (SSSR count). The van der Waals surface area contributed by atoms with Gasteiger partial charge in [0.2, 0.25) is 11.8 Å². The lowest BCUT2D eigenvalue weighted by atomic mass is 10.0. The average molecular weight is 469 g/mol. The zero-order valence-electron chi connectivity index (χ0n) is 18.0. The molecule has 1 aromatic carbocycles. The van der Waals surface area contributed by atoms with Gasteiger partial charge in [-0.3, -0.25) is 29.6 Å². The summed E-state index contributed by atoms with van der Waals surface area (Å²) in [5.74, 6) is -0.554. The molecule has 3 amide bonds. The molecule has 1 atom stereocenters. The highest BCUT2D eigenvalue weighted by atomic mass is 32.2. The number of fused-ring (bicyclic) bond motifs is 1. The molecule has 0 aliphatic carbocycles. The molecule has 0 radical (unpaired) electrons. The molecular weight excluding hydrogens is 444 g/mol. The lowest BCUT2D eigenvalue weighted by Gasteiger charge is -2.29. The van der Waals surface area contributed by atoms with Crippen LogP contribution in [0.4, 0.5) is 0 Å². The highest BCUT2D eigenvalue weighted by Gasteiger charge is 2.39. The number of carbonyl (C=O) groups excluding carboxylic acids is 3. The van der Waals surface area contributed by atoms with Gasteiger partial charge in [-0.25, -0.2) is 8.42 Å². The Hall–Kier alpha value is -3.11. The fourth-order valence-electron chi connectivity index (χ4n) is 4.63. The minimum atomic E-state index is -2.92. The first-order valence-corrected chi connectivity index (χ1v) is 12.8. The number of aromatic nitrogens is 1. The molecule has 10 heteroatoms. The van der Waals surface area contributed by atoms with Crippen molar-refractivity contribution < 1.29 is 22.8 Å². The quantitative estimate of drug-likeness (QED) is 0.658. The Balaban J connectivity index is 1.33. The van der Waals surface area contributed by atoms with Crippen LogP contribution in [-0.4, -0.2) is 71.6 Å². The van der Waals surface area contributed by atoms with Crippen molar-refractivity contribution in [3.63, 3.8) is 0 Å². The topological polar surface area (TPSA) is 117 Å². The highest BCUT2D eigenvalue weighted by Crippen LogP contribution is 2.31. The van der Waals surface area contributed by atoms with Crippen LogP contribution in [0.2, 0.25) is 0 Å². The number of nitrogens with one attached hydrogen (secondary N) is 1. The van der Waals surface area contributed by atoms with Crippen LogP contribution < -0.4 is 5.32 Å². The van der Waals surface area contributed by atoms with Crippen molar-refractivity contribution in [1.82, 2.24) is 20.1 Å². The summed E-state index contributed by atoms with van der Waals surface area (Å²) >= 11 is 0. The molecule has 0 bridgehead atoms. The van der Waals surface area contributed by atoms with Crippen molar-refractivity contribution >= 4 is 27.6 Å². The van der Waals surface area contributed by atoms with Crippen LogP contribution in [0.25, 0.3) is 11.3 Å². The summed E-state index contributed by atoms with van der Waals surface area (Å²) in [4.78, 5) is 44.7. The van der Waals surface area contributed by atoms with Crippen molar-refractivity contribution in [2.24, 2.45) is 0 Å². The summed E-state index contributed by atoms with van der Waals surface area (Å²) in [6, 6.07) is 8.82. The molecule has 1 unspecified atom stereocenters. The molecule has 0 saturated carbocycles. The van der Waals surface area contributed by atoms with E-state index >= 15 is 0 Å². The molecule has 33 heavy (non-hydrogen) atoms. The van der Waals surface area contributed by atoms with E-state index in [1.165, 1.54) is 4.90 Å². The largest absolute Gasteiger partial charge is 0.322 e. The van der Waals surface area contributed by atoms with Crippen LogP contribution in [0.15, 0.2) is 36.5 Å². The predicted molar refractivity (Wildman–Crippen MR) is 120 cm³/mol. The van der Waals surface area contributed by atoms with Gasteiger partial charge in [-0.15, -0.1) is 0 Å². The predicted octanol–water partition coefficient (Wildman–Crippen LogP) is 0.740. The summed E-state index contributed by atoms with van der Waals surface area (Å²) in [5.41, 5.74) is 4.08. The zero-order chi connectivity index (χ0) is 23.2. The van der Waals surface area contributed by atoms with Gasteiger partial charge in [0.1, 0.15) is 6.04 Å². The lowest BCUT2D eigenvalue weighted by molar-refractivity contribution is -0.136. The number of rotatable bonds is 4. The van der Waals surface area contributed by atoms with Crippen molar-refractivity contribution in [1.29, 1.82) is 0 Å². The molecule has 2 saturated heterocycles. The Morgan fingerprint density at radius 1 is 1.06 bits per heavy atom. The first-order chi connectivity index (χ1) is 15.8. The third kappa shape index (κ3) is 4.40. The summed E-state index contributed by atoms with van der Waals surface area (Å²) in [6.07, 6.45) is 2.29. The Labute approximate surface area is 191 Å². The molecule has 0 spiro atoms. The fraction of sp³-hybridized carbons (Fsp3) is 0.391. The summed E-state index contributed by atoms with van der Waals surface area (Å²) in [5, 5.41) is 2.32. The van der Waals surface area contributed by atoms with E-state index in [-0.39, 0.29) is 29.7 Å². The first kappa shape index (κ1) is 21.7. The van der Waals surface area contributed by atoms with E-state index in [1.807, 2.05) is 24.3 Å². The number of imide groups is 1. The average Bonchev–Trinajstić information content (AvgIpc) is 3.11. The highest BCUT2D eigenvalue weighted by molar-refractivity contribution is 7.91. The number of piperidine rings is 1. The number of benzene rings is 1. The molecule has 1 aromatic heterocycles. The molecule has 2 fully saturated rings. The molecule has 1 N–H and O–H groups in total. The minimum absolute atomic E-state index is 0.188. The van der Waals surface area contributed by atoms with E-state index in [1.54, 1.807) is 12.3 Å². The van der Waals surface area contributed by atoms with E-state index in [2.05, 4.69) is 15.2 Å². The summed E-state index contributed by atoms with van der Waals surface area (Å²) in [6.45, 7) is 2.02. The van der Waals surface area contributed by atoms with E-state index in [4.69, 9.17) is 0 Å². The third-order valence-corrected chi connectivity index (χ3v) is 8.10. The number of carbonyl (C=O) groups is 3. The van der Waals surface area contributed by atoms with Crippen molar-refractivity contribution in [2.75, 3.05) is 24.6 Å². The minimum Gasteiger partial charge on any atom is -0.322 e. The SMILES string of the molecule is O=C1CCC(N2Cc3cc(-c4cc(CN5CCS(=O)(=O)CC5)ccn4)ccc3C2=O)C(=O)N1. The second-order valence-electron chi connectivity index (χ2n) is 8.75. The molecule has 3 aliphatic heterocycles. The van der Waals surface area contributed by atoms with Gasteiger partial charge in [-0.05, 0) is 41.8 Å². The van der Waals surface area contributed by atoms with Gasteiger partial charge in [0.15, 0.2) is 9.84 Å². The number of hydrogen-bond acceptors (Lipinski definition) is 7. The molecule has 172 valence electrons. The van der Waals surface area contributed by atoms with Gasteiger partial charge < -0.3 is 4.90 Å².